The van der Waals surface area contributed by atoms with Crippen molar-refractivity contribution in [2.24, 2.45) is 0 Å². The van der Waals surface area contributed by atoms with Crippen molar-refractivity contribution in [2.45, 2.75) is 19.9 Å². The molecule has 0 saturated carbocycles. The van der Waals surface area contributed by atoms with E-state index in [9.17, 15) is 9.59 Å². The zero-order valence-electron chi connectivity index (χ0n) is 16.0. The molecule has 2 N–H and O–H groups in total. The molecule has 0 fully saturated rings. The van der Waals surface area contributed by atoms with Gasteiger partial charge in [0.25, 0.3) is 5.91 Å². The third-order valence-electron chi connectivity index (χ3n) is 4.27. The van der Waals surface area contributed by atoms with E-state index in [4.69, 9.17) is 5.11 Å². The zero-order chi connectivity index (χ0) is 20.6. The number of carbonyl (C=O) groups is 2. The van der Waals surface area contributed by atoms with Gasteiger partial charge in [0.1, 0.15) is 5.69 Å². The van der Waals surface area contributed by atoms with Gasteiger partial charge in [0.2, 0.25) is 0 Å². The lowest BCUT2D eigenvalue weighted by atomic mass is 10.1. The Kier molecular flexibility index (Phi) is 6.39. The second-order valence-corrected chi connectivity index (χ2v) is 6.58. The fourth-order valence-electron chi connectivity index (χ4n) is 2.75. The van der Waals surface area contributed by atoms with Crippen LogP contribution < -0.4 is 5.32 Å². The van der Waals surface area contributed by atoms with Crippen LogP contribution in [0.2, 0.25) is 0 Å². The predicted molar refractivity (Wildman–Crippen MR) is 111 cm³/mol. The number of aryl methyl sites for hydroxylation is 1. The van der Waals surface area contributed by atoms with Crippen LogP contribution in [0, 0.1) is 18.8 Å². The summed E-state index contributed by atoms with van der Waals surface area (Å²) < 4.78 is 0. The molecule has 1 amide bonds. The highest BCUT2D eigenvalue weighted by Crippen LogP contribution is 2.07. The quantitative estimate of drug-likeness (QED) is 0.659. The van der Waals surface area contributed by atoms with Crippen LogP contribution in [-0.4, -0.2) is 22.0 Å². The van der Waals surface area contributed by atoms with Crippen LogP contribution in [0.1, 0.15) is 43.1 Å². The Labute approximate surface area is 169 Å². The summed E-state index contributed by atoms with van der Waals surface area (Å²) in [6.07, 6.45) is 2.18. The largest absolute Gasteiger partial charge is 0.478 e. The molecule has 0 radical (unpaired) electrons. The van der Waals surface area contributed by atoms with E-state index in [2.05, 4.69) is 28.2 Å². The van der Waals surface area contributed by atoms with Crippen molar-refractivity contribution in [3.8, 4) is 11.8 Å². The molecule has 3 rings (SSSR count). The van der Waals surface area contributed by atoms with Gasteiger partial charge in [0.05, 0.1) is 5.56 Å². The molecule has 0 bridgehead atoms. The molecule has 0 aliphatic carbocycles. The van der Waals surface area contributed by atoms with Gasteiger partial charge in [-0.15, -0.1) is 0 Å². The monoisotopic (exact) mass is 384 g/mol. The predicted octanol–water partition coefficient (Wildman–Crippen LogP) is 3.61. The van der Waals surface area contributed by atoms with Gasteiger partial charge in [-0.1, -0.05) is 47.9 Å². The van der Waals surface area contributed by atoms with Crippen molar-refractivity contribution in [1.29, 1.82) is 0 Å². The number of pyridine rings is 1. The van der Waals surface area contributed by atoms with Gasteiger partial charge in [-0.05, 0) is 48.2 Å². The number of rotatable bonds is 5. The highest BCUT2D eigenvalue weighted by atomic mass is 16.4. The summed E-state index contributed by atoms with van der Waals surface area (Å²) in [4.78, 5) is 27.5. The number of aromatic nitrogens is 1. The smallest absolute Gasteiger partial charge is 0.335 e. The lowest BCUT2D eigenvalue weighted by molar-refractivity contribution is 0.0696. The second-order valence-electron chi connectivity index (χ2n) is 6.58. The Morgan fingerprint density at radius 2 is 1.79 bits per heavy atom. The number of aromatic carboxylic acids is 1. The Balaban J connectivity index is 1.60. The molecule has 3 aromatic rings. The van der Waals surface area contributed by atoms with E-state index in [1.165, 1.54) is 17.7 Å². The number of amides is 1. The number of hydrogen-bond acceptors (Lipinski definition) is 3. The van der Waals surface area contributed by atoms with Gasteiger partial charge >= 0.3 is 5.97 Å². The summed E-state index contributed by atoms with van der Waals surface area (Å²) in [5.41, 5.74) is 4.37. The minimum Gasteiger partial charge on any atom is -0.478 e. The van der Waals surface area contributed by atoms with Crippen LogP contribution in [0.25, 0.3) is 0 Å². The zero-order valence-corrected chi connectivity index (χ0v) is 16.0. The average molecular weight is 384 g/mol. The van der Waals surface area contributed by atoms with Gasteiger partial charge in [0.15, 0.2) is 0 Å². The van der Waals surface area contributed by atoms with Gasteiger partial charge in [0, 0.05) is 24.7 Å². The van der Waals surface area contributed by atoms with E-state index in [-0.39, 0.29) is 11.5 Å². The van der Waals surface area contributed by atoms with Gasteiger partial charge < -0.3 is 10.4 Å². The third kappa shape index (κ3) is 5.78. The van der Waals surface area contributed by atoms with E-state index in [1.807, 2.05) is 25.1 Å². The standard InChI is InChI=1S/C24H20N2O3/c1-17-4-2-5-18(14-17)6-3-7-22-15-21(12-13-25-22)23(27)26-16-19-8-10-20(11-9-19)24(28)29/h2,4-5,8-15H,6,16H2,1H3,(H,26,27)(H,28,29). The van der Waals surface area contributed by atoms with E-state index in [0.29, 0.717) is 24.2 Å². The molecular weight excluding hydrogens is 364 g/mol. The van der Waals surface area contributed by atoms with Crippen molar-refractivity contribution < 1.29 is 14.7 Å². The molecule has 0 spiro atoms. The maximum Gasteiger partial charge on any atom is 0.335 e. The first-order chi connectivity index (χ1) is 14.0. The molecule has 0 aliphatic rings. The highest BCUT2D eigenvalue weighted by Gasteiger charge is 2.07. The first-order valence-electron chi connectivity index (χ1n) is 9.12. The van der Waals surface area contributed by atoms with Crippen molar-refractivity contribution in [2.75, 3.05) is 0 Å². The maximum absolute atomic E-state index is 12.4. The summed E-state index contributed by atoms with van der Waals surface area (Å²) >= 11 is 0. The fourth-order valence-corrected chi connectivity index (χ4v) is 2.75. The number of benzene rings is 2. The number of hydrogen-bond donors (Lipinski definition) is 2. The minimum absolute atomic E-state index is 0.211. The number of carboxylic acid groups (broad SMARTS) is 1. The molecule has 29 heavy (non-hydrogen) atoms. The Morgan fingerprint density at radius 1 is 1.00 bits per heavy atom. The molecular formula is C24H20N2O3. The van der Waals surface area contributed by atoms with Crippen LogP contribution in [0.3, 0.4) is 0 Å². The molecule has 144 valence electrons. The maximum atomic E-state index is 12.4. The topological polar surface area (TPSA) is 79.3 Å². The first-order valence-corrected chi connectivity index (χ1v) is 9.12. The summed E-state index contributed by atoms with van der Waals surface area (Å²) in [5, 5.41) is 11.7. The lowest BCUT2D eigenvalue weighted by Crippen LogP contribution is -2.23. The van der Waals surface area contributed by atoms with Crippen LogP contribution in [0.15, 0.2) is 66.9 Å². The Morgan fingerprint density at radius 3 is 2.52 bits per heavy atom. The SMILES string of the molecule is Cc1cccc(CC#Cc2cc(C(=O)NCc3ccc(C(=O)O)cc3)ccn2)c1. The van der Waals surface area contributed by atoms with Crippen LogP contribution in [0.5, 0.6) is 0 Å². The van der Waals surface area contributed by atoms with Gasteiger partial charge in [-0.3, -0.25) is 4.79 Å². The van der Waals surface area contributed by atoms with Crippen molar-refractivity contribution in [1.82, 2.24) is 10.3 Å². The molecule has 5 heteroatoms. The van der Waals surface area contributed by atoms with Crippen LogP contribution in [0.4, 0.5) is 0 Å². The summed E-state index contributed by atoms with van der Waals surface area (Å²) in [6.45, 7) is 2.34. The van der Waals surface area contributed by atoms with E-state index in [0.717, 1.165) is 11.1 Å². The van der Waals surface area contributed by atoms with E-state index in [1.54, 1.807) is 30.5 Å². The fraction of sp³-hybridized carbons (Fsp3) is 0.125. The minimum atomic E-state index is -0.978. The van der Waals surface area contributed by atoms with Crippen molar-refractivity contribution in [3.05, 3.63) is 100 Å². The normalized spacial score (nSPS) is 9.97. The number of nitrogens with zero attached hydrogens (tertiary/aromatic N) is 1. The number of nitrogens with one attached hydrogen (secondary N) is 1. The molecule has 1 aromatic heterocycles. The summed E-state index contributed by atoms with van der Waals surface area (Å²) in [7, 11) is 0. The molecule has 0 unspecified atom stereocenters. The van der Waals surface area contributed by atoms with Crippen molar-refractivity contribution in [3.63, 3.8) is 0 Å². The van der Waals surface area contributed by atoms with Gasteiger partial charge in [-0.25, -0.2) is 9.78 Å². The molecule has 0 saturated heterocycles. The molecule has 2 aromatic carbocycles. The first kappa shape index (κ1) is 19.8. The number of carboxylic acids is 1. The van der Waals surface area contributed by atoms with Crippen molar-refractivity contribution >= 4 is 11.9 Å². The van der Waals surface area contributed by atoms with Crippen LogP contribution in [-0.2, 0) is 13.0 Å². The van der Waals surface area contributed by atoms with Crippen LogP contribution >= 0.6 is 0 Å². The molecule has 0 aliphatic heterocycles. The van der Waals surface area contributed by atoms with E-state index >= 15 is 0 Å². The summed E-state index contributed by atoms with van der Waals surface area (Å²) in [5.74, 6) is 4.88. The molecule has 1 heterocycles. The molecule has 0 atom stereocenters. The third-order valence-corrected chi connectivity index (χ3v) is 4.27. The lowest BCUT2D eigenvalue weighted by Gasteiger charge is -2.06. The second kappa shape index (κ2) is 9.34. The highest BCUT2D eigenvalue weighted by molar-refractivity contribution is 5.94. The number of carbonyl (C=O) groups excluding carboxylic acids is 1. The Hall–Kier alpha value is -3.91. The van der Waals surface area contributed by atoms with E-state index < -0.39 is 5.97 Å². The average Bonchev–Trinajstić information content (AvgIpc) is 2.72. The summed E-state index contributed by atoms with van der Waals surface area (Å²) in [6, 6.07) is 17.8. The molecule has 5 nitrogen and oxygen atoms in total. The Bertz CT molecular complexity index is 1090. The van der Waals surface area contributed by atoms with Gasteiger partial charge in [-0.2, -0.15) is 0 Å².